The number of ether oxygens (including phenoxy) is 2. The van der Waals surface area contributed by atoms with E-state index in [0.717, 1.165) is 71.9 Å². The number of H-pyrrole nitrogens is 2. The Morgan fingerprint density at radius 3 is 1.07 bits per heavy atom. The number of para-hydroxylation sites is 2. The molecule has 9 rings (SSSR count). The molecule has 0 saturated heterocycles. The molecule has 114 heavy (non-hydrogen) atoms. The number of hydrogen-bond acceptors (Lipinski definition) is 8. The summed E-state index contributed by atoms with van der Waals surface area (Å²) in [5.74, 6) is -1.07. The van der Waals surface area contributed by atoms with E-state index in [0.29, 0.717) is 24.3 Å². The number of hydrogen-bond donors (Lipinski definition) is 6. The van der Waals surface area contributed by atoms with E-state index in [9.17, 15) is 9.59 Å². The molecule has 4 unspecified atom stereocenters. The molecule has 0 bridgehead atoms. The number of carbonyl (C=O) groups excluding carboxylic acids is 2. The standard InChI is InChI=1S/C87H99Cl13N8O6/c1-7-13-15-17-19-21-23-25-27-29-36-51(9-3)57-40-31-33-42-65(57)113-63(11-5)84(109)101-55-44-46-59(89)61(49-55)103-82-68(86(111)107(105-82)80-76(97)72(93)70(91)73(94)77(80)98)67(53-38-35-39-54(88)48-53)69-83(106-108(87(69)112)81-78(99)74(95)71(92)75(96)79(81)100)104-62-50-56(45-47-60(62)90)102-85(110)64(12-6)114-66-43-34-32-41-58(66)52(10-4)37-30-28-26-24-22-20-18-16-14-8-2/h31-35,38-52,63-64,67,103-106H,7-30,36-37H2,1-6H3,(H,101,109)(H,102,110). The Morgan fingerprint density at radius 2 is 0.728 bits per heavy atom. The number of anilines is 6. The summed E-state index contributed by atoms with van der Waals surface area (Å²) in [7, 11) is 0. The van der Waals surface area contributed by atoms with E-state index in [1.165, 1.54) is 103 Å². The number of halogens is 13. The maximum atomic E-state index is 16.3. The first-order valence-corrected chi connectivity index (χ1v) is 44.6. The van der Waals surface area contributed by atoms with Gasteiger partial charge in [0.2, 0.25) is 0 Å². The lowest BCUT2D eigenvalue weighted by atomic mass is 9.86. The van der Waals surface area contributed by atoms with Crippen LogP contribution in [-0.2, 0) is 9.59 Å². The summed E-state index contributed by atoms with van der Waals surface area (Å²) in [6.07, 6.45) is 27.4. The van der Waals surface area contributed by atoms with Gasteiger partial charge in [0.25, 0.3) is 22.9 Å². The highest BCUT2D eigenvalue weighted by Gasteiger charge is 2.37. The minimum Gasteiger partial charge on any atom is -0.480 e. The van der Waals surface area contributed by atoms with Crippen LogP contribution >= 0.6 is 151 Å². The van der Waals surface area contributed by atoms with E-state index in [4.69, 9.17) is 160 Å². The van der Waals surface area contributed by atoms with E-state index < -0.39 is 41.1 Å². The molecular formula is C87H99Cl13N8O6. The Balaban J connectivity index is 1.09. The Morgan fingerprint density at radius 1 is 0.386 bits per heavy atom. The van der Waals surface area contributed by atoms with Crippen molar-refractivity contribution in [2.24, 2.45) is 0 Å². The highest BCUT2D eigenvalue weighted by Crippen LogP contribution is 2.50. The fourth-order valence-electron chi connectivity index (χ4n) is 14.5. The van der Waals surface area contributed by atoms with Gasteiger partial charge in [0, 0.05) is 16.4 Å². The first-order chi connectivity index (χ1) is 54.9. The first-order valence-electron chi connectivity index (χ1n) is 39.7. The summed E-state index contributed by atoms with van der Waals surface area (Å²) < 4.78 is 15.2. The van der Waals surface area contributed by atoms with E-state index >= 15 is 9.59 Å². The zero-order valence-corrected chi connectivity index (χ0v) is 74.7. The normalized spacial score (nSPS) is 12.9. The summed E-state index contributed by atoms with van der Waals surface area (Å²) in [4.78, 5) is 61.9. The van der Waals surface area contributed by atoms with Crippen molar-refractivity contribution in [2.75, 3.05) is 21.3 Å². The van der Waals surface area contributed by atoms with E-state index in [2.05, 4.69) is 71.3 Å². The summed E-state index contributed by atoms with van der Waals surface area (Å²) in [6, 6.07) is 31.6. The largest absolute Gasteiger partial charge is 0.480 e. The van der Waals surface area contributed by atoms with Crippen molar-refractivity contribution in [3.05, 3.63) is 223 Å². The predicted molar refractivity (Wildman–Crippen MR) is 483 cm³/mol. The third-order valence-corrected chi connectivity index (χ3v) is 26.2. The second-order valence-electron chi connectivity index (χ2n) is 28.8. The van der Waals surface area contributed by atoms with Crippen LogP contribution in [0.15, 0.2) is 119 Å². The number of amides is 2. The molecule has 2 amide bonds. The van der Waals surface area contributed by atoms with Gasteiger partial charge < -0.3 is 30.7 Å². The molecule has 0 fully saturated rings. The number of carbonyl (C=O) groups is 2. The number of unbranched alkanes of at least 4 members (excludes halogenated alkanes) is 18. The number of rotatable bonds is 45. The maximum Gasteiger partial charge on any atom is 0.277 e. The molecule has 27 heteroatoms. The van der Waals surface area contributed by atoms with Gasteiger partial charge in [-0.2, -0.15) is 0 Å². The molecule has 7 aromatic carbocycles. The quantitative estimate of drug-likeness (QED) is 0.0124. The van der Waals surface area contributed by atoms with Crippen LogP contribution in [0.2, 0.25) is 65.3 Å². The SMILES string of the molecule is CCCCCCCCCCCCC(CC)c1ccccc1OC(CC)C(=O)Nc1ccc(Cl)c(Nc2[nH]n(-c3c(Cl)c(Cl)c(Cl)c(Cl)c3Cl)c(=O)c2C(c2cccc(Cl)c2)c2c(Nc3cc(NC(=O)C(CC)Oc4ccccc4C(CC)CCCCCCCCCCCC)ccc3Cl)[nH]n(-c3c(Cl)c(Cl)c(Cl)c(Cl)c3Cl)c2=O)c1. The lowest BCUT2D eigenvalue weighted by Crippen LogP contribution is -2.32. The van der Waals surface area contributed by atoms with Crippen molar-refractivity contribution in [3.8, 4) is 22.9 Å². The molecule has 0 aliphatic heterocycles. The summed E-state index contributed by atoms with van der Waals surface area (Å²) in [5.41, 5.74) is 0.282. The van der Waals surface area contributed by atoms with E-state index in [-0.39, 0.29) is 140 Å². The van der Waals surface area contributed by atoms with Crippen LogP contribution in [-0.4, -0.2) is 43.6 Å². The van der Waals surface area contributed by atoms with Crippen LogP contribution in [0.1, 0.15) is 254 Å². The molecule has 0 aliphatic carbocycles. The molecular weight excluding hydrogens is 1710 g/mol. The molecule has 9 aromatic rings. The molecule has 2 heterocycles. The summed E-state index contributed by atoms with van der Waals surface area (Å²) in [6.45, 7) is 12.6. The van der Waals surface area contributed by atoms with Crippen molar-refractivity contribution in [1.82, 2.24) is 19.6 Å². The van der Waals surface area contributed by atoms with Crippen molar-refractivity contribution in [2.45, 2.75) is 238 Å². The summed E-state index contributed by atoms with van der Waals surface area (Å²) >= 11 is 89.8. The van der Waals surface area contributed by atoms with Gasteiger partial charge in [0.1, 0.15) is 34.5 Å². The van der Waals surface area contributed by atoms with Crippen molar-refractivity contribution in [1.29, 1.82) is 0 Å². The van der Waals surface area contributed by atoms with Crippen LogP contribution in [0, 0.1) is 0 Å². The monoisotopic (exact) mass is 1810 g/mol. The van der Waals surface area contributed by atoms with Crippen LogP contribution in [0.5, 0.6) is 11.5 Å². The van der Waals surface area contributed by atoms with Gasteiger partial charge in [-0.1, -0.05) is 369 Å². The molecule has 0 saturated carbocycles. The van der Waals surface area contributed by atoms with Crippen LogP contribution in [0.3, 0.4) is 0 Å². The topological polar surface area (TPSA) is 176 Å². The molecule has 0 radical (unpaired) electrons. The highest BCUT2D eigenvalue weighted by atomic mass is 35.5. The molecule has 2 aromatic heterocycles. The predicted octanol–water partition coefficient (Wildman–Crippen LogP) is 31.0. The van der Waals surface area contributed by atoms with Crippen LogP contribution in [0.4, 0.5) is 34.4 Å². The average molecular weight is 1810 g/mol. The van der Waals surface area contributed by atoms with Gasteiger partial charge in [-0.25, -0.2) is 9.36 Å². The van der Waals surface area contributed by atoms with Gasteiger partial charge in [-0.15, -0.1) is 0 Å². The molecule has 6 N–H and O–H groups in total. The zero-order chi connectivity index (χ0) is 82.3. The van der Waals surface area contributed by atoms with Gasteiger partial charge in [-0.3, -0.25) is 29.4 Å². The smallest absolute Gasteiger partial charge is 0.277 e. The highest BCUT2D eigenvalue weighted by molar-refractivity contribution is 6.57. The van der Waals surface area contributed by atoms with Crippen LogP contribution in [0.25, 0.3) is 11.4 Å². The molecule has 14 nitrogen and oxygen atoms in total. The van der Waals surface area contributed by atoms with Crippen LogP contribution < -0.4 is 41.9 Å². The molecule has 0 spiro atoms. The Bertz CT molecular complexity index is 4530. The lowest BCUT2D eigenvalue weighted by molar-refractivity contribution is -0.123. The molecule has 614 valence electrons. The minimum absolute atomic E-state index is 0.0982. The fourth-order valence-corrected chi connectivity index (χ4v) is 17.6. The third-order valence-electron chi connectivity index (χ3n) is 20.8. The number of aromatic nitrogens is 4. The van der Waals surface area contributed by atoms with Gasteiger partial charge in [-0.05, 0) is 128 Å². The number of benzene rings is 7. The molecule has 4 atom stereocenters. The van der Waals surface area contributed by atoms with Gasteiger partial charge >= 0.3 is 0 Å². The summed E-state index contributed by atoms with van der Waals surface area (Å²) in [5, 5.41) is 16.7. The van der Waals surface area contributed by atoms with E-state index in [1.54, 1.807) is 60.7 Å². The Kier molecular flexibility index (Phi) is 36.9. The van der Waals surface area contributed by atoms with Crippen molar-refractivity contribution < 1.29 is 19.1 Å². The average Bonchev–Trinajstić information content (AvgIpc) is 1.57. The minimum atomic E-state index is -1.58. The number of nitrogens with zero attached hydrogens (tertiary/aromatic N) is 2. The zero-order valence-electron chi connectivity index (χ0n) is 64.9. The van der Waals surface area contributed by atoms with E-state index in [1.807, 2.05) is 50.2 Å². The second kappa shape index (κ2) is 45.6. The van der Waals surface area contributed by atoms with Gasteiger partial charge in [0.15, 0.2) is 12.2 Å². The van der Waals surface area contributed by atoms with Crippen molar-refractivity contribution in [3.63, 3.8) is 0 Å². The Labute approximate surface area is 734 Å². The number of aromatic amines is 2. The first kappa shape index (κ1) is 92.4. The number of nitrogens with one attached hydrogen (secondary N) is 6. The van der Waals surface area contributed by atoms with Gasteiger partial charge in [0.05, 0.1) is 88.7 Å². The molecule has 0 aliphatic rings. The van der Waals surface area contributed by atoms with Crippen molar-refractivity contribution >= 4 is 197 Å². The Hall–Kier alpha value is -5.53. The lowest BCUT2D eigenvalue weighted by Gasteiger charge is -2.23. The maximum absolute atomic E-state index is 16.3. The third kappa shape index (κ3) is 23.5. The second-order valence-corrected chi connectivity index (χ2v) is 33.8. The fraction of sp³-hybridized carbons (Fsp3) is 0.425.